The lowest BCUT2D eigenvalue weighted by molar-refractivity contribution is 0.243. The van der Waals surface area contributed by atoms with Crippen LogP contribution in [-0.4, -0.2) is 19.7 Å². The Morgan fingerprint density at radius 2 is 2.00 bits per heavy atom. The summed E-state index contributed by atoms with van der Waals surface area (Å²) < 4.78 is 6.83. The highest BCUT2D eigenvalue weighted by molar-refractivity contribution is 9.10. The molecule has 4 rings (SSSR count). The van der Waals surface area contributed by atoms with E-state index in [9.17, 15) is 0 Å². The van der Waals surface area contributed by atoms with Crippen molar-refractivity contribution in [1.29, 1.82) is 0 Å². The van der Waals surface area contributed by atoms with Crippen molar-refractivity contribution in [2.45, 2.75) is 69.7 Å². The van der Waals surface area contributed by atoms with Gasteiger partial charge in [0, 0.05) is 10.5 Å². The summed E-state index contributed by atoms with van der Waals surface area (Å²) >= 11 is 3.79. The topological polar surface area (TPSA) is 21.3 Å². The molecule has 0 amide bonds. The van der Waals surface area contributed by atoms with Crippen molar-refractivity contribution in [1.82, 2.24) is 5.32 Å². The van der Waals surface area contributed by atoms with E-state index < -0.39 is 0 Å². The third-order valence-electron chi connectivity index (χ3n) is 7.43. The molecular weight excluding hydrogens is 422 g/mol. The van der Waals surface area contributed by atoms with Gasteiger partial charge in [-0.1, -0.05) is 53.5 Å². The molecule has 0 radical (unpaired) electrons. The number of halogens is 1. The second kappa shape index (κ2) is 9.22. The van der Waals surface area contributed by atoms with Crippen molar-refractivity contribution in [3.05, 3.63) is 63.6 Å². The highest BCUT2D eigenvalue weighted by Crippen LogP contribution is 2.52. The lowest BCUT2D eigenvalue weighted by Gasteiger charge is -2.39. The standard InChI is InChI=1S/C26H34BrNO/c1-3-19-10-12-24(27)20(17-19)11-13-25-23-9-5-14-26(23,15-6-16-28-25)21-7-4-8-22(18-21)29-2/h4,7-8,10,12,17-18,23,25,28H,3,5-6,9,11,13-16H2,1-2H3. The fraction of sp³-hybridized carbons (Fsp3) is 0.538. The summed E-state index contributed by atoms with van der Waals surface area (Å²) in [5.74, 6) is 1.71. The van der Waals surface area contributed by atoms with Crippen LogP contribution in [0.15, 0.2) is 46.9 Å². The number of methoxy groups -OCH3 is 1. The first-order valence-corrected chi connectivity index (χ1v) is 12.1. The van der Waals surface area contributed by atoms with Crippen LogP contribution in [0, 0.1) is 5.92 Å². The summed E-state index contributed by atoms with van der Waals surface area (Å²) in [5, 5.41) is 3.95. The van der Waals surface area contributed by atoms with E-state index in [0.717, 1.165) is 25.1 Å². The molecule has 1 saturated carbocycles. The minimum Gasteiger partial charge on any atom is -0.497 e. The molecule has 156 valence electrons. The van der Waals surface area contributed by atoms with Crippen LogP contribution < -0.4 is 10.1 Å². The molecule has 1 N–H and O–H groups in total. The van der Waals surface area contributed by atoms with Crippen molar-refractivity contribution in [3.63, 3.8) is 0 Å². The van der Waals surface area contributed by atoms with E-state index in [1.807, 2.05) is 0 Å². The summed E-state index contributed by atoms with van der Waals surface area (Å²) in [4.78, 5) is 0. The Labute approximate surface area is 184 Å². The molecule has 0 bridgehead atoms. The lowest BCUT2D eigenvalue weighted by Crippen LogP contribution is -2.42. The van der Waals surface area contributed by atoms with Crippen molar-refractivity contribution < 1.29 is 4.74 Å². The van der Waals surface area contributed by atoms with Gasteiger partial charge in [-0.05, 0) is 97.7 Å². The highest BCUT2D eigenvalue weighted by atomic mass is 79.9. The Morgan fingerprint density at radius 3 is 2.83 bits per heavy atom. The van der Waals surface area contributed by atoms with Crippen LogP contribution in [0.5, 0.6) is 5.75 Å². The van der Waals surface area contributed by atoms with Crippen molar-refractivity contribution in [2.24, 2.45) is 5.92 Å². The Kier molecular flexibility index (Phi) is 6.66. The van der Waals surface area contributed by atoms with E-state index in [1.165, 1.54) is 59.7 Å². The Balaban J connectivity index is 1.58. The Hall–Kier alpha value is -1.32. The van der Waals surface area contributed by atoms with E-state index in [2.05, 4.69) is 70.6 Å². The van der Waals surface area contributed by atoms with Gasteiger partial charge in [0.2, 0.25) is 0 Å². The Bertz CT molecular complexity index is 835. The lowest BCUT2D eigenvalue weighted by atomic mass is 9.67. The monoisotopic (exact) mass is 455 g/mol. The normalized spacial score (nSPS) is 26.7. The molecule has 2 aromatic rings. The maximum absolute atomic E-state index is 5.57. The number of aryl methyl sites for hydroxylation is 2. The van der Waals surface area contributed by atoms with E-state index >= 15 is 0 Å². The van der Waals surface area contributed by atoms with Crippen LogP contribution in [0.4, 0.5) is 0 Å². The molecule has 2 aromatic carbocycles. The van der Waals surface area contributed by atoms with Crippen LogP contribution in [0.1, 0.15) is 62.1 Å². The average Bonchev–Trinajstić information content (AvgIpc) is 3.11. The van der Waals surface area contributed by atoms with Crippen molar-refractivity contribution >= 4 is 15.9 Å². The summed E-state index contributed by atoms with van der Waals surface area (Å²) in [5.41, 5.74) is 4.71. The van der Waals surface area contributed by atoms with Gasteiger partial charge in [-0.3, -0.25) is 0 Å². The second-order valence-corrected chi connectivity index (χ2v) is 9.72. The molecular formula is C26H34BrNO. The minimum atomic E-state index is 0.311. The third kappa shape index (κ3) is 4.27. The maximum Gasteiger partial charge on any atom is 0.119 e. The van der Waals surface area contributed by atoms with Gasteiger partial charge in [-0.2, -0.15) is 0 Å². The molecule has 3 atom stereocenters. The molecule has 2 aliphatic rings. The van der Waals surface area contributed by atoms with Crippen LogP contribution >= 0.6 is 15.9 Å². The molecule has 3 heteroatoms. The molecule has 1 heterocycles. The SMILES string of the molecule is CCc1ccc(Br)c(CCC2NCCCC3(c4cccc(OC)c4)CCCC23)c1. The predicted octanol–water partition coefficient (Wildman–Crippen LogP) is 6.44. The number of hydrogen-bond acceptors (Lipinski definition) is 2. The first kappa shape index (κ1) is 20.9. The predicted molar refractivity (Wildman–Crippen MR) is 125 cm³/mol. The van der Waals surface area contributed by atoms with Crippen LogP contribution in [0.2, 0.25) is 0 Å². The number of rotatable bonds is 6. The van der Waals surface area contributed by atoms with Gasteiger partial charge in [0.05, 0.1) is 7.11 Å². The van der Waals surface area contributed by atoms with Gasteiger partial charge in [0.25, 0.3) is 0 Å². The smallest absolute Gasteiger partial charge is 0.119 e. The van der Waals surface area contributed by atoms with E-state index in [4.69, 9.17) is 4.74 Å². The number of nitrogens with one attached hydrogen (secondary N) is 1. The first-order chi connectivity index (χ1) is 14.2. The van der Waals surface area contributed by atoms with Gasteiger partial charge in [0.1, 0.15) is 5.75 Å². The first-order valence-electron chi connectivity index (χ1n) is 11.3. The van der Waals surface area contributed by atoms with Crippen molar-refractivity contribution in [3.8, 4) is 5.75 Å². The van der Waals surface area contributed by atoms with Gasteiger partial charge in [-0.25, -0.2) is 0 Å². The zero-order chi connectivity index (χ0) is 20.3. The van der Waals surface area contributed by atoms with Crippen molar-refractivity contribution in [2.75, 3.05) is 13.7 Å². The highest BCUT2D eigenvalue weighted by Gasteiger charge is 2.48. The number of hydrogen-bond donors (Lipinski definition) is 1. The minimum absolute atomic E-state index is 0.311. The van der Waals surface area contributed by atoms with Gasteiger partial charge >= 0.3 is 0 Å². The summed E-state index contributed by atoms with van der Waals surface area (Å²) in [7, 11) is 1.78. The summed E-state index contributed by atoms with van der Waals surface area (Å²) in [6.45, 7) is 3.38. The number of fused-ring (bicyclic) bond motifs is 1. The molecule has 0 spiro atoms. The fourth-order valence-corrected chi connectivity index (χ4v) is 6.36. The summed E-state index contributed by atoms with van der Waals surface area (Å²) in [6.07, 6.45) is 10.0. The fourth-order valence-electron chi connectivity index (χ4n) is 5.92. The number of benzene rings is 2. The molecule has 29 heavy (non-hydrogen) atoms. The zero-order valence-corrected chi connectivity index (χ0v) is 19.4. The molecule has 2 fully saturated rings. The van der Waals surface area contributed by atoms with E-state index in [1.54, 1.807) is 7.11 Å². The molecule has 1 aliphatic heterocycles. The molecule has 1 saturated heterocycles. The average molecular weight is 456 g/mol. The van der Waals surface area contributed by atoms with Gasteiger partial charge in [-0.15, -0.1) is 0 Å². The molecule has 0 aromatic heterocycles. The number of ether oxygens (including phenoxy) is 1. The molecule has 1 aliphatic carbocycles. The summed E-state index contributed by atoms with van der Waals surface area (Å²) in [6, 6.07) is 16.4. The third-order valence-corrected chi connectivity index (χ3v) is 8.20. The largest absolute Gasteiger partial charge is 0.497 e. The molecule has 2 nitrogen and oxygen atoms in total. The van der Waals surface area contributed by atoms with Crippen LogP contribution in [0.25, 0.3) is 0 Å². The zero-order valence-electron chi connectivity index (χ0n) is 17.8. The molecule has 3 unspecified atom stereocenters. The van der Waals surface area contributed by atoms with E-state index in [-0.39, 0.29) is 0 Å². The van der Waals surface area contributed by atoms with Crippen LogP contribution in [0.3, 0.4) is 0 Å². The van der Waals surface area contributed by atoms with E-state index in [0.29, 0.717) is 17.4 Å². The Morgan fingerprint density at radius 1 is 1.14 bits per heavy atom. The van der Waals surface area contributed by atoms with Crippen LogP contribution in [-0.2, 0) is 18.3 Å². The van der Waals surface area contributed by atoms with Gasteiger partial charge in [0.15, 0.2) is 0 Å². The maximum atomic E-state index is 5.57. The van der Waals surface area contributed by atoms with Gasteiger partial charge < -0.3 is 10.1 Å². The second-order valence-electron chi connectivity index (χ2n) is 8.87. The quantitative estimate of drug-likeness (QED) is 0.540.